The summed E-state index contributed by atoms with van der Waals surface area (Å²) in [4.78, 5) is 12.0. The lowest BCUT2D eigenvalue weighted by molar-refractivity contribution is -0.118. The molecule has 0 saturated carbocycles. The van der Waals surface area contributed by atoms with Crippen LogP contribution in [0.1, 0.15) is 11.1 Å². The van der Waals surface area contributed by atoms with Gasteiger partial charge in [0, 0.05) is 17.8 Å². The number of benzene rings is 2. The molecule has 0 fully saturated rings. The summed E-state index contributed by atoms with van der Waals surface area (Å²) in [6.07, 6.45) is 1.66. The largest absolute Gasteiger partial charge is 0.352 e. The topological polar surface area (TPSA) is 59.8 Å². The van der Waals surface area contributed by atoms with Crippen molar-refractivity contribution in [2.75, 3.05) is 12.3 Å². The molecule has 1 amide bonds. The number of thioether (sulfide) groups is 1. The Morgan fingerprint density at radius 2 is 1.93 bits per heavy atom. The van der Waals surface area contributed by atoms with Crippen molar-refractivity contribution in [1.82, 2.24) is 20.1 Å². The van der Waals surface area contributed by atoms with Crippen molar-refractivity contribution in [2.24, 2.45) is 0 Å². The van der Waals surface area contributed by atoms with Gasteiger partial charge in [0.2, 0.25) is 5.91 Å². The predicted octanol–water partition coefficient (Wildman–Crippen LogP) is 3.95. The van der Waals surface area contributed by atoms with Crippen LogP contribution in [0.2, 0.25) is 0 Å². The van der Waals surface area contributed by atoms with E-state index in [1.54, 1.807) is 6.08 Å². The van der Waals surface area contributed by atoms with E-state index in [0.29, 0.717) is 11.7 Å². The number of nitrogens with one attached hydrogen (secondary N) is 1. The molecular formula is C21H22N4OS. The first-order valence-electron chi connectivity index (χ1n) is 8.68. The molecule has 0 aliphatic carbocycles. The first kappa shape index (κ1) is 18.9. The first-order chi connectivity index (χ1) is 13.1. The van der Waals surface area contributed by atoms with Gasteiger partial charge in [0.1, 0.15) is 0 Å². The van der Waals surface area contributed by atoms with E-state index >= 15 is 0 Å². The van der Waals surface area contributed by atoms with E-state index in [1.807, 2.05) is 28.8 Å². The maximum atomic E-state index is 12.0. The lowest BCUT2D eigenvalue weighted by atomic mass is 10.1. The minimum atomic E-state index is -0.0598. The molecule has 6 heteroatoms. The van der Waals surface area contributed by atoms with Crippen molar-refractivity contribution < 1.29 is 4.79 Å². The molecule has 0 unspecified atom stereocenters. The maximum absolute atomic E-state index is 12.0. The van der Waals surface area contributed by atoms with Gasteiger partial charge in [-0.1, -0.05) is 59.3 Å². The summed E-state index contributed by atoms with van der Waals surface area (Å²) in [5, 5.41) is 12.2. The fourth-order valence-corrected chi connectivity index (χ4v) is 3.41. The number of nitrogens with zero attached hydrogens (tertiary/aromatic N) is 3. The summed E-state index contributed by atoms with van der Waals surface area (Å²) in [6, 6.07) is 16.4. The normalized spacial score (nSPS) is 10.6. The van der Waals surface area contributed by atoms with Crippen LogP contribution in [0, 0.1) is 13.8 Å². The molecule has 138 valence electrons. The van der Waals surface area contributed by atoms with Gasteiger partial charge in [-0.25, -0.2) is 0 Å². The molecule has 1 heterocycles. The number of carbonyl (C=O) groups is 1. The van der Waals surface area contributed by atoms with Crippen LogP contribution in [0.5, 0.6) is 0 Å². The van der Waals surface area contributed by atoms with Gasteiger partial charge in [0.05, 0.1) is 5.75 Å². The number of hydrogen-bond donors (Lipinski definition) is 1. The van der Waals surface area contributed by atoms with E-state index in [9.17, 15) is 4.79 Å². The van der Waals surface area contributed by atoms with Crippen LogP contribution < -0.4 is 5.32 Å². The molecule has 3 aromatic rings. The van der Waals surface area contributed by atoms with E-state index in [0.717, 1.165) is 22.6 Å². The Morgan fingerprint density at radius 1 is 1.15 bits per heavy atom. The van der Waals surface area contributed by atoms with Crippen molar-refractivity contribution in [3.05, 3.63) is 72.3 Å². The van der Waals surface area contributed by atoms with Crippen molar-refractivity contribution >= 4 is 17.7 Å². The van der Waals surface area contributed by atoms with Crippen molar-refractivity contribution in [3.8, 4) is 17.1 Å². The van der Waals surface area contributed by atoms with Crippen LogP contribution in [-0.2, 0) is 4.79 Å². The molecule has 27 heavy (non-hydrogen) atoms. The standard InChI is InChI=1S/C21H22N4OS/c1-4-12-22-19(26)14-27-21-24-23-20(17-7-5-6-16(3)13-17)25(21)18-10-8-15(2)9-11-18/h4-11,13H,1,12,14H2,2-3H3,(H,22,26). The van der Waals surface area contributed by atoms with E-state index in [1.165, 1.54) is 17.3 Å². The van der Waals surface area contributed by atoms with Gasteiger partial charge in [0.15, 0.2) is 11.0 Å². The van der Waals surface area contributed by atoms with Crippen molar-refractivity contribution in [3.63, 3.8) is 0 Å². The SMILES string of the molecule is C=CCNC(=O)CSc1nnc(-c2cccc(C)c2)n1-c1ccc(C)cc1. The Balaban J connectivity index is 1.97. The smallest absolute Gasteiger partial charge is 0.230 e. The number of aromatic nitrogens is 3. The van der Waals surface area contributed by atoms with E-state index in [4.69, 9.17) is 0 Å². The molecule has 1 aromatic heterocycles. The van der Waals surface area contributed by atoms with Gasteiger partial charge >= 0.3 is 0 Å². The van der Waals surface area contributed by atoms with E-state index in [2.05, 4.69) is 60.2 Å². The van der Waals surface area contributed by atoms with Gasteiger partial charge < -0.3 is 5.32 Å². The lowest BCUT2D eigenvalue weighted by Gasteiger charge is -2.11. The van der Waals surface area contributed by atoms with Crippen molar-refractivity contribution in [2.45, 2.75) is 19.0 Å². The number of hydrogen-bond acceptors (Lipinski definition) is 4. The third-order valence-corrected chi connectivity index (χ3v) is 4.91. The quantitative estimate of drug-likeness (QED) is 0.500. The zero-order chi connectivity index (χ0) is 19.2. The van der Waals surface area contributed by atoms with Crippen LogP contribution in [0.15, 0.2) is 66.3 Å². The molecule has 0 spiro atoms. The third-order valence-electron chi connectivity index (χ3n) is 3.98. The number of rotatable bonds is 7. The monoisotopic (exact) mass is 378 g/mol. The Kier molecular flexibility index (Phi) is 6.08. The highest BCUT2D eigenvalue weighted by atomic mass is 32.2. The summed E-state index contributed by atoms with van der Waals surface area (Å²) in [5.74, 6) is 0.970. The Bertz CT molecular complexity index is 947. The summed E-state index contributed by atoms with van der Waals surface area (Å²) < 4.78 is 2.00. The van der Waals surface area contributed by atoms with E-state index in [-0.39, 0.29) is 11.7 Å². The van der Waals surface area contributed by atoms with Gasteiger partial charge in [-0.2, -0.15) is 0 Å². The molecule has 0 saturated heterocycles. The zero-order valence-corrected chi connectivity index (χ0v) is 16.3. The number of amides is 1. The van der Waals surface area contributed by atoms with Gasteiger partial charge in [-0.05, 0) is 32.0 Å². The van der Waals surface area contributed by atoms with Crippen LogP contribution >= 0.6 is 11.8 Å². The average molecular weight is 379 g/mol. The second kappa shape index (κ2) is 8.68. The minimum Gasteiger partial charge on any atom is -0.352 e. The number of carbonyl (C=O) groups excluding carboxylic acids is 1. The molecule has 0 aliphatic heterocycles. The van der Waals surface area contributed by atoms with Gasteiger partial charge in [-0.15, -0.1) is 16.8 Å². The van der Waals surface area contributed by atoms with Gasteiger partial charge in [0.25, 0.3) is 0 Å². The Hall–Kier alpha value is -2.86. The molecule has 2 aromatic carbocycles. The first-order valence-corrected chi connectivity index (χ1v) is 9.67. The highest BCUT2D eigenvalue weighted by Crippen LogP contribution is 2.28. The molecule has 0 radical (unpaired) electrons. The molecular weight excluding hydrogens is 356 g/mol. The Morgan fingerprint density at radius 3 is 2.63 bits per heavy atom. The molecule has 0 bridgehead atoms. The minimum absolute atomic E-state index is 0.0598. The molecule has 0 aliphatic rings. The fourth-order valence-electron chi connectivity index (χ4n) is 2.63. The van der Waals surface area contributed by atoms with E-state index < -0.39 is 0 Å². The molecule has 3 rings (SSSR count). The van der Waals surface area contributed by atoms with Crippen LogP contribution in [0.25, 0.3) is 17.1 Å². The lowest BCUT2D eigenvalue weighted by Crippen LogP contribution is -2.25. The highest BCUT2D eigenvalue weighted by Gasteiger charge is 2.17. The van der Waals surface area contributed by atoms with Gasteiger partial charge in [-0.3, -0.25) is 9.36 Å². The summed E-state index contributed by atoms with van der Waals surface area (Å²) in [7, 11) is 0. The van der Waals surface area contributed by atoms with Crippen molar-refractivity contribution in [1.29, 1.82) is 0 Å². The maximum Gasteiger partial charge on any atom is 0.230 e. The second-order valence-corrected chi connectivity index (χ2v) is 7.17. The summed E-state index contributed by atoms with van der Waals surface area (Å²) in [5.41, 5.74) is 4.30. The Labute approximate surface area is 163 Å². The molecule has 5 nitrogen and oxygen atoms in total. The fraction of sp³-hybridized carbons (Fsp3) is 0.190. The van der Waals surface area contributed by atoms with Crippen LogP contribution in [-0.4, -0.2) is 33.0 Å². The van der Waals surface area contributed by atoms with Crippen LogP contribution in [0.3, 0.4) is 0 Å². The predicted molar refractivity (Wildman–Crippen MR) is 110 cm³/mol. The molecule has 1 N–H and O–H groups in total. The molecule has 0 atom stereocenters. The number of aryl methyl sites for hydroxylation is 2. The zero-order valence-electron chi connectivity index (χ0n) is 15.5. The summed E-state index contributed by atoms with van der Waals surface area (Å²) in [6.45, 7) is 8.17. The average Bonchev–Trinajstić information content (AvgIpc) is 3.09. The summed E-state index contributed by atoms with van der Waals surface area (Å²) >= 11 is 1.37. The second-order valence-electron chi connectivity index (χ2n) is 6.23. The highest BCUT2D eigenvalue weighted by molar-refractivity contribution is 7.99. The third kappa shape index (κ3) is 4.65. The van der Waals surface area contributed by atoms with Crippen LogP contribution in [0.4, 0.5) is 0 Å².